The van der Waals surface area contributed by atoms with Crippen LogP contribution in [0.2, 0.25) is 0 Å². The Hall–Kier alpha value is -8.15. The van der Waals surface area contributed by atoms with Crippen molar-refractivity contribution in [2.75, 3.05) is 26.9 Å². The van der Waals surface area contributed by atoms with Crippen LogP contribution in [0.3, 0.4) is 0 Å². The largest absolute Gasteiger partial charge is 0.457 e. The maximum atomic E-state index is 13.8. The summed E-state index contributed by atoms with van der Waals surface area (Å²) in [6.45, 7) is 2.74. The van der Waals surface area contributed by atoms with Crippen molar-refractivity contribution in [2.45, 2.75) is 159 Å². The van der Waals surface area contributed by atoms with Gasteiger partial charge < -0.3 is 75.8 Å². The van der Waals surface area contributed by atoms with E-state index in [2.05, 4.69) is 0 Å². The number of hydrogen-bond donors (Lipinski definition) is 0. The van der Waals surface area contributed by atoms with E-state index in [9.17, 15) is 4.79 Å². The van der Waals surface area contributed by atoms with Crippen LogP contribution in [-0.4, -0.2) is 125 Å². The van der Waals surface area contributed by atoms with E-state index >= 15 is 0 Å². The number of benzene rings is 9. The molecule has 0 amide bonds. The number of carbonyl (C=O) groups excluding carboxylic acids is 1. The summed E-state index contributed by atoms with van der Waals surface area (Å²) in [7, 11) is 1.59. The van der Waals surface area contributed by atoms with Gasteiger partial charge in [-0.3, -0.25) is 4.79 Å². The van der Waals surface area contributed by atoms with Crippen LogP contribution in [0.15, 0.2) is 273 Å². The van der Waals surface area contributed by atoms with Gasteiger partial charge in [-0.1, -0.05) is 273 Å². The first-order chi connectivity index (χ1) is 49.9. The minimum absolute atomic E-state index is 0.00387. The maximum Gasteiger partial charge on any atom is 0.303 e. The smallest absolute Gasteiger partial charge is 0.303 e. The van der Waals surface area contributed by atoms with Crippen molar-refractivity contribution in [2.24, 2.45) is 0 Å². The van der Waals surface area contributed by atoms with E-state index in [0.29, 0.717) is 0 Å². The minimum Gasteiger partial charge on any atom is -0.457 e. The molecule has 0 spiro atoms. The number of carbonyl (C=O) groups is 1. The molecule has 0 radical (unpaired) electrons. The summed E-state index contributed by atoms with van der Waals surface area (Å²) in [6.07, 6.45) is -15.1. The molecule has 3 heterocycles. The van der Waals surface area contributed by atoms with Crippen LogP contribution in [0, 0.1) is 0 Å². The molecule has 9 aromatic rings. The first-order valence-electron chi connectivity index (χ1n) is 34.6. The van der Waals surface area contributed by atoms with Crippen molar-refractivity contribution in [1.29, 1.82) is 0 Å². The number of hydrogen-bond acceptors (Lipinski definition) is 17. The Morgan fingerprint density at radius 2 is 0.515 bits per heavy atom. The average Bonchev–Trinajstić information content (AvgIpc) is 0.772. The Morgan fingerprint density at radius 1 is 0.267 bits per heavy atom. The van der Waals surface area contributed by atoms with Crippen LogP contribution in [0.1, 0.15) is 57.0 Å². The van der Waals surface area contributed by atoms with E-state index in [1.54, 1.807) is 7.11 Å². The van der Waals surface area contributed by atoms with Gasteiger partial charge in [-0.15, -0.1) is 0 Å². The zero-order valence-electron chi connectivity index (χ0n) is 57.1. The van der Waals surface area contributed by atoms with E-state index in [1.807, 2.05) is 273 Å². The maximum absolute atomic E-state index is 13.8. The minimum atomic E-state index is -1.33. The number of rotatable bonds is 36. The molecule has 101 heavy (non-hydrogen) atoms. The molecule has 3 aliphatic heterocycles. The molecule has 12 rings (SSSR count). The van der Waals surface area contributed by atoms with Gasteiger partial charge in [0.1, 0.15) is 67.1 Å². The summed E-state index contributed by atoms with van der Waals surface area (Å²) in [5.74, 6) is -0.566. The molecule has 9 aromatic carbocycles. The third-order valence-electron chi connectivity index (χ3n) is 17.8. The highest BCUT2D eigenvalue weighted by molar-refractivity contribution is 5.66. The molecule has 0 aliphatic carbocycles. The molecular weight excluding hydrogens is 1280 g/mol. The Kier molecular flexibility index (Phi) is 27.9. The fourth-order valence-corrected chi connectivity index (χ4v) is 12.7. The molecule has 3 fully saturated rings. The molecular formula is C84H90O17. The Bertz CT molecular complexity index is 3750. The van der Waals surface area contributed by atoms with Crippen LogP contribution in [0.4, 0.5) is 0 Å². The SMILES string of the molecule is CO[C@H]1O[C@H](CO[C@@H]2O[C@H](COCc3ccccc3)[C@@H](O[C@@H]3O[C@H](COCc4ccccc4)[C@H](OCc4ccccc4)[C@H](OC(C)=O)[C@H]3OCc3ccccc3)[C@H](OCc3ccccc3)[C@H]2OCc2ccccc2)[C@@H](OCc2ccccc2)[C@H](OCc2ccccc2)[C@H]1OCc1ccccc1. The second kappa shape index (κ2) is 38.8. The van der Waals surface area contributed by atoms with Crippen molar-refractivity contribution in [3.8, 4) is 0 Å². The zero-order chi connectivity index (χ0) is 69.1. The standard InChI is InChI=1S/C84H90O17/c1-60(85)97-78-74(90-51-64-36-18-6-19-37-64)70(57-87-48-61-30-12-3-13-31-61)100-84(81(78)95-56-69-46-28-11-29-47-69)101-75-71(58-88-49-62-32-14-4-15-33-62)99-83(80(94-55-68-44-26-10-27-45-68)77(75)92-53-66-40-22-8-23-41-66)96-59-72-73(89-50-63-34-16-5-17-35-63)76(91-52-65-38-20-7-21-39-65)79(82(86-2)98-72)93-54-67-42-24-9-25-43-67/h3-47,70-84H,48-59H2,1-2H3/t70-,71-,72-,73-,74+,75-,76+,77+,78+,79-,80-,81-,82+,83-,84+/m1/s1. The summed E-state index contributed by atoms with van der Waals surface area (Å²) >= 11 is 0. The van der Waals surface area contributed by atoms with Gasteiger partial charge in [0, 0.05) is 14.0 Å². The number of esters is 1. The lowest BCUT2D eigenvalue weighted by Crippen LogP contribution is -2.67. The number of ether oxygens (including phenoxy) is 16. The monoisotopic (exact) mass is 1370 g/mol. The topological polar surface area (TPSA) is 165 Å². The van der Waals surface area contributed by atoms with E-state index in [0.717, 1.165) is 50.1 Å². The third-order valence-corrected chi connectivity index (χ3v) is 17.8. The second-order valence-electron chi connectivity index (χ2n) is 25.2. The molecule has 0 saturated carbocycles. The van der Waals surface area contributed by atoms with Gasteiger partial charge in [0.25, 0.3) is 0 Å². The van der Waals surface area contributed by atoms with Gasteiger partial charge in [-0.2, -0.15) is 0 Å². The van der Waals surface area contributed by atoms with Crippen LogP contribution >= 0.6 is 0 Å². The number of methoxy groups -OCH3 is 1. The van der Waals surface area contributed by atoms with Crippen molar-refractivity contribution < 1.29 is 80.6 Å². The van der Waals surface area contributed by atoms with E-state index in [1.165, 1.54) is 6.92 Å². The molecule has 15 atom stereocenters. The summed E-state index contributed by atoms with van der Waals surface area (Å²) in [5, 5.41) is 0. The highest BCUT2D eigenvalue weighted by atomic mass is 16.8. The van der Waals surface area contributed by atoms with Gasteiger partial charge >= 0.3 is 5.97 Å². The molecule has 0 N–H and O–H groups in total. The van der Waals surface area contributed by atoms with E-state index < -0.39 is 98.1 Å². The first kappa shape index (κ1) is 72.6. The molecule has 17 heteroatoms. The lowest BCUT2D eigenvalue weighted by atomic mass is 9.95. The van der Waals surface area contributed by atoms with Crippen LogP contribution in [-0.2, 0) is 140 Å². The van der Waals surface area contributed by atoms with Gasteiger partial charge in [0.05, 0.1) is 79.3 Å². The Labute approximate surface area is 592 Å². The predicted molar refractivity (Wildman–Crippen MR) is 377 cm³/mol. The molecule has 17 nitrogen and oxygen atoms in total. The molecule has 3 aliphatic rings. The van der Waals surface area contributed by atoms with E-state index in [-0.39, 0.29) is 79.3 Å². The Morgan fingerprint density at radius 3 is 0.851 bits per heavy atom. The Balaban J connectivity index is 0.935. The van der Waals surface area contributed by atoms with Crippen molar-refractivity contribution in [3.63, 3.8) is 0 Å². The normalized spacial score (nSPS) is 25.1. The van der Waals surface area contributed by atoms with Crippen LogP contribution in [0.5, 0.6) is 0 Å². The second-order valence-corrected chi connectivity index (χ2v) is 25.2. The summed E-state index contributed by atoms with van der Waals surface area (Å²) in [5.41, 5.74) is 8.23. The van der Waals surface area contributed by atoms with Crippen LogP contribution in [0.25, 0.3) is 0 Å². The van der Waals surface area contributed by atoms with E-state index in [4.69, 9.17) is 75.8 Å². The fourth-order valence-electron chi connectivity index (χ4n) is 12.7. The summed E-state index contributed by atoms with van der Waals surface area (Å²) < 4.78 is 112. The first-order valence-corrected chi connectivity index (χ1v) is 34.6. The van der Waals surface area contributed by atoms with Crippen molar-refractivity contribution in [3.05, 3.63) is 323 Å². The van der Waals surface area contributed by atoms with Gasteiger partial charge in [0.15, 0.2) is 25.0 Å². The fraction of sp³-hybridized carbons (Fsp3) is 0.345. The predicted octanol–water partition coefficient (Wildman–Crippen LogP) is 13.7. The lowest BCUT2D eigenvalue weighted by molar-refractivity contribution is -0.380. The molecule has 528 valence electrons. The molecule has 0 aromatic heterocycles. The highest BCUT2D eigenvalue weighted by Crippen LogP contribution is 2.39. The molecule has 0 unspecified atom stereocenters. The van der Waals surface area contributed by atoms with Crippen molar-refractivity contribution >= 4 is 5.97 Å². The quantitative estimate of drug-likeness (QED) is 0.0340. The molecule has 3 saturated heterocycles. The van der Waals surface area contributed by atoms with Gasteiger partial charge in [-0.05, 0) is 50.1 Å². The molecule has 0 bridgehead atoms. The van der Waals surface area contributed by atoms with Gasteiger partial charge in [0.2, 0.25) is 0 Å². The summed E-state index contributed by atoms with van der Waals surface area (Å²) in [6, 6.07) is 88.9. The van der Waals surface area contributed by atoms with Crippen molar-refractivity contribution in [1.82, 2.24) is 0 Å². The summed E-state index contributed by atoms with van der Waals surface area (Å²) in [4.78, 5) is 13.8. The zero-order valence-corrected chi connectivity index (χ0v) is 57.1. The third kappa shape index (κ3) is 21.5. The lowest BCUT2D eigenvalue weighted by Gasteiger charge is -2.50. The average molecular weight is 1370 g/mol. The van der Waals surface area contributed by atoms with Gasteiger partial charge in [-0.25, -0.2) is 0 Å². The highest BCUT2D eigenvalue weighted by Gasteiger charge is 2.56. The van der Waals surface area contributed by atoms with Crippen LogP contribution < -0.4 is 0 Å².